The van der Waals surface area contributed by atoms with Crippen LogP contribution in [0.1, 0.15) is 0 Å². The Morgan fingerprint density at radius 2 is 1.68 bits per heavy atom. The third kappa shape index (κ3) is 1.55. The minimum atomic E-state index is 0.723. The summed E-state index contributed by atoms with van der Waals surface area (Å²) < 4.78 is 12.5. The predicted molar refractivity (Wildman–Crippen MR) is 68.4 cm³/mol. The van der Waals surface area contributed by atoms with Crippen LogP contribution in [0.15, 0.2) is 64.0 Å². The Morgan fingerprint density at radius 3 is 2.42 bits per heavy atom. The maximum atomic E-state index is 5.39. The summed E-state index contributed by atoms with van der Waals surface area (Å²) in [5.41, 5.74) is 2.33. The molecule has 0 saturated heterocycles. The molecule has 0 N–H and O–H groups in total. The van der Waals surface area contributed by atoms with Gasteiger partial charge in [0.25, 0.3) is 0 Å². The lowest BCUT2D eigenvalue weighted by atomic mass is 10.3. The standard InChI is InChI=1S/C14H9N3O2/c1-3-12(18-7-1)10-5-6-14-15-9-11(17(14)16-10)13-4-2-8-19-13/h1-9H. The summed E-state index contributed by atoms with van der Waals surface area (Å²) in [6, 6.07) is 11.2. The lowest BCUT2D eigenvalue weighted by Gasteiger charge is -2.00. The van der Waals surface area contributed by atoms with Gasteiger partial charge in [0, 0.05) is 0 Å². The lowest BCUT2D eigenvalue weighted by molar-refractivity contribution is 0.574. The molecule has 0 spiro atoms. The van der Waals surface area contributed by atoms with E-state index in [2.05, 4.69) is 10.1 Å². The van der Waals surface area contributed by atoms with E-state index in [4.69, 9.17) is 8.83 Å². The highest BCUT2D eigenvalue weighted by atomic mass is 16.3. The van der Waals surface area contributed by atoms with Crippen LogP contribution >= 0.6 is 0 Å². The van der Waals surface area contributed by atoms with Crippen LogP contribution in [0.4, 0.5) is 0 Å². The zero-order chi connectivity index (χ0) is 12.7. The molecular formula is C14H9N3O2. The molecule has 4 aromatic heterocycles. The van der Waals surface area contributed by atoms with Gasteiger partial charge >= 0.3 is 0 Å². The number of rotatable bonds is 2. The van der Waals surface area contributed by atoms with E-state index in [1.54, 1.807) is 23.2 Å². The van der Waals surface area contributed by atoms with Crippen molar-refractivity contribution in [2.75, 3.05) is 0 Å². The number of hydrogen-bond donors (Lipinski definition) is 0. The Kier molecular flexibility index (Phi) is 2.05. The van der Waals surface area contributed by atoms with E-state index in [9.17, 15) is 0 Å². The van der Waals surface area contributed by atoms with Crippen molar-refractivity contribution in [2.24, 2.45) is 0 Å². The van der Waals surface area contributed by atoms with E-state index in [0.717, 1.165) is 28.6 Å². The number of aromatic nitrogens is 3. The van der Waals surface area contributed by atoms with Gasteiger partial charge in [-0.1, -0.05) is 0 Å². The molecule has 0 atom stereocenters. The average Bonchev–Trinajstić information content (AvgIpc) is 3.18. The van der Waals surface area contributed by atoms with E-state index < -0.39 is 0 Å². The lowest BCUT2D eigenvalue weighted by Crippen LogP contribution is -1.95. The Morgan fingerprint density at radius 1 is 0.895 bits per heavy atom. The van der Waals surface area contributed by atoms with Crippen molar-refractivity contribution in [1.82, 2.24) is 14.6 Å². The molecule has 19 heavy (non-hydrogen) atoms. The summed E-state index contributed by atoms with van der Waals surface area (Å²) in [7, 11) is 0. The first-order valence-electron chi connectivity index (χ1n) is 5.84. The molecule has 5 nitrogen and oxygen atoms in total. The Hall–Kier alpha value is -2.82. The van der Waals surface area contributed by atoms with Crippen LogP contribution in [-0.2, 0) is 0 Å². The summed E-state index contributed by atoms with van der Waals surface area (Å²) in [6.07, 6.45) is 5.00. The van der Waals surface area contributed by atoms with Crippen molar-refractivity contribution in [3.63, 3.8) is 0 Å². The van der Waals surface area contributed by atoms with E-state index in [1.807, 2.05) is 36.4 Å². The van der Waals surface area contributed by atoms with E-state index in [-0.39, 0.29) is 0 Å². The first-order valence-corrected chi connectivity index (χ1v) is 5.84. The van der Waals surface area contributed by atoms with Crippen LogP contribution < -0.4 is 0 Å². The fraction of sp³-hybridized carbons (Fsp3) is 0. The molecule has 0 fully saturated rings. The van der Waals surface area contributed by atoms with Gasteiger partial charge in [0.1, 0.15) is 11.4 Å². The number of furan rings is 2. The molecule has 0 unspecified atom stereocenters. The van der Waals surface area contributed by atoms with Crippen LogP contribution in [-0.4, -0.2) is 14.6 Å². The fourth-order valence-corrected chi connectivity index (χ4v) is 2.02. The normalized spacial score (nSPS) is 11.2. The SMILES string of the molecule is c1coc(-c2ccc3ncc(-c4ccco4)n3n2)c1. The molecular weight excluding hydrogens is 242 g/mol. The highest BCUT2D eigenvalue weighted by Gasteiger charge is 2.11. The maximum absolute atomic E-state index is 5.39. The van der Waals surface area contributed by atoms with Crippen molar-refractivity contribution >= 4 is 5.65 Å². The molecule has 0 radical (unpaired) electrons. The van der Waals surface area contributed by atoms with Gasteiger partial charge in [0.05, 0.1) is 18.7 Å². The number of hydrogen-bond acceptors (Lipinski definition) is 4. The predicted octanol–water partition coefficient (Wildman–Crippen LogP) is 3.25. The second-order valence-electron chi connectivity index (χ2n) is 4.09. The van der Waals surface area contributed by atoms with E-state index >= 15 is 0 Å². The molecule has 0 aliphatic heterocycles. The van der Waals surface area contributed by atoms with Crippen molar-refractivity contribution in [3.05, 3.63) is 55.1 Å². The van der Waals surface area contributed by atoms with Crippen LogP contribution in [0, 0.1) is 0 Å². The summed E-state index contributed by atoms with van der Waals surface area (Å²) >= 11 is 0. The number of imidazole rings is 1. The van der Waals surface area contributed by atoms with E-state index in [0.29, 0.717) is 0 Å². The van der Waals surface area contributed by atoms with Gasteiger partial charge in [-0.25, -0.2) is 9.50 Å². The van der Waals surface area contributed by atoms with Crippen molar-refractivity contribution in [1.29, 1.82) is 0 Å². The molecule has 4 heterocycles. The highest BCUT2D eigenvalue weighted by Crippen LogP contribution is 2.23. The molecule has 4 aromatic rings. The Bertz CT molecular complexity index is 814. The maximum Gasteiger partial charge on any atom is 0.154 e. The quantitative estimate of drug-likeness (QED) is 0.548. The number of fused-ring (bicyclic) bond motifs is 1. The molecule has 4 rings (SSSR count). The van der Waals surface area contributed by atoms with Crippen molar-refractivity contribution in [2.45, 2.75) is 0 Å². The molecule has 5 heteroatoms. The second-order valence-corrected chi connectivity index (χ2v) is 4.09. The van der Waals surface area contributed by atoms with Crippen LogP contribution in [0.3, 0.4) is 0 Å². The van der Waals surface area contributed by atoms with Gasteiger partial charge < -0.3 is 8.83 Å². The van der Waals surface area contributed by atoms with Gasteiger partial charge in [-0.3, -0.25) is 0 Å². The molecule has 0 aromatic carbocycles. The van der Waals surface area contributed by atoms with E-state index in [1.165, 1.54) is 0 Å². The zero-order valence-electron chi connectivity index (χ0n) is 9.85. The van der Waals surface area contributed by atoms with Gasteiger partial charge in [-0.2, -0.15) is 5.10 Å². The zero-order valence-corrected chi connectivity index (χ0v) is 9.85. The molecule has 0 aliphatic carbocycles. The van der Waals surface area contributed by atoms with Crippen LogP contribution in [0.25, 0.3) is 28.6 Å². The van der Waals surface area contributed by atoms with Crippen LogP contribution in [0.5, 0.6) is 0 Å². The van der Waals surface area contributed by atoms with Gasteiger partial charge in [0.2, 0.25) is 0 Å². The molecule has 0 saturated carbocycles. The minimum Gasteiger partial charge on any atom is -0.463 e. The molecule has 0 aliphatic rings. The van der Waals surface area contributed by atoms with Gasteiger partial charge in [-0.05, 0) is 36.4 Å². The minimum absolute atomic E-state index is 0.723. The Balaban J connectivity index is 1.95. The third-order valence-electron chi connectivity index (χ3n) is 2.91. The third-order valence-corrected chi connectivity index (χ3v) is 2.91. The summed E-state index contributed by atoms with van der Waals surface area (Å²) in [4.78, 5) is 4.31. The fourth-order valence-electron chi connectivity index (χ4n) is 2.02. The largest absolute Gasteiger partial charge is 0.463 e. The average molecular weight is 251 g/mol. The summed E-state index contributed by atoms with van der Waals surface area (Å²) in [5, 5.41) is 4.53. The van der Waals surface area contributed by atoms with Crippen molar-refractivity contribution < 1.29 is 8.83 Å². The van der Waals surface area contributed by atoms with Gasteiger partial charge in [0.15, 0.2) is 17.2 Å². The molecule has 0 amide bonds. The van der Waals surface area contributed by atoms with Gasteiger partial charge in [-0.15, -0.1) is 0 Å². The number of nitrogens with zero attached hydrogens (tertiary/aromatic N) is 3. The smallest absolute Gasteiger partial charge is 0.154 e. The second kappa shape index (κ2) is 3.84. The first-order chi connectivity index (χ1) is 9.42. The van der Waals surface area contributed by atoms with Crippen LogP contribution in [0.2, 0.25) is 0 Å². The first kappa shape index (κ1) is 10.1. The molecule has 0 bridgehead atoms. The highest BCUT2D eigenvalue weighted by molar-refractivity contribution is 5.60. The van der Waals surface area contributed by atoms with Crippen molar-refractivity contribution in [3.8, 4) is 22.9 Å². The topological polar surface area (TPSA) is 56.5 Å². The Labute approximate surface area is 108 Å². The summed E-state index contributed by atoms with van der Waals surface area (Å²) in [5.74, 6) is 1.46. The summed E-state index contributed by atoms with van der Waals surface area (Å²) in [6.45, 7) is 0. The monoisotopic (exact) mass is 251 g/mol. The molecule has 92 valence electrons.